The zero-order chi connectivity index (χ0) is 24.6. The lowest BCUT2D eigenvalue weighted by Crippen LogP contribution is -2.48. The minimum Gasteiger partial charge on any atom is -0.481 e. The number of carbonyl (C=O) groups is 3. The van der Waals surface area contributed by atoms with Crippen molar-refractivity contribution in [3.8, 4) is 11.1 Å². The molecule has 1 atom stereocenters. The molecular formula is C26H31N3O6. The Kier molecular flexibility index (Phi) is 8.33. The number of ether oxygens (including phenoxy) is 2. The molecule has 4 rings (SSSR count). The molecule has 1 saturated heterocycles. The van der Waals surface area contributed by atoms with Crippen molar-refractivity contribution in [3.63, 3.8) is 0 Å². The highest BCUT2D eigenvalue weighted by molar-refractivity contribution is 5.89. The molecule has 0 bridgehead atoms. The number of carboxylic acid groups (broad SMARTS) is 1. The first-order valence-electron chi connectivity index (χ1n) is 11.9. The van der Waals surface area contributed by atoms with Crippen LogP contribution in [-0.4, -0.2) is 80.0 Å². The van der Waals surface area contributed by atoms with Crippen molar-refractivity contribution >= 4 is 18.0 Å². The summed E-state index contributed by atoms with van der Waals surface area (Å²) in [6.45, 7) is 4.42. The highest BCUT2D eigenvalue weighted by Gasteiger charge is 2.30. The Hall–Kier alpha value is -3.43. The maximum Gasteiger partial charge on any atom is 0.407 e. The topological polar surface area (TPSA) is 117 Å². The number of nitrogens with one attached hydrogen (secondary N) is 2. The van der Waals surface area contributed by atoms with Gasteiger partial charge in [-0.15, -0.1) is 0 Å². The number of hydrogen-bond donors (Lipinski definition) is 3. The predicted octanol–water partition coefficient (Wildman–Crippen LogP) is 2.21. The number of carbonyl (C=O) groups excluding carboxylic acids is 2. The zero-order valence-electron chi connectivity index (χ0n) is 19.6. The minimum atomic E-state index is -1.22. The van der Waals surface area contributed by atoms with Gasteiger partial charge in [-0.05, 0) is 35.2 Å². The van der Waals surface area contributed by atoms with Crippen molar-refractivity contribution in [3.05, 3.63) is 59.7 Å². The Labute approximate surface area is 204 Å². The molecule has 186 valence electrons. The van der Waals surface area contributed by atoms with E-state index >= 15 is 0 Å². The van der Waals surface area contributed by atoms with Crippen molar-refractivity contribution < 1.29 is 29.0 Å². The minimum absolute atomic E-state index is 0.0841. The predicted molar refractivity (Wildman–Crippen MR) is 129 cm³/mol. The van der Waals surface area contributed by atoms with E-state index in [0.29, 0.717) is 19.8 Å². The molecule has 1 heterocycles. The highest BCUT2D eigenvalue weighted by Crippen LogP contribution is 2.44. The summed E-state index contributed by atoms with van der Waals surface area (Å²) in [6.07, 6.45) is -0.628. The van der Waals surface area contributed by atoms with Gasteiger partial charge < -0.3 is 25.2 Å². The van der Waals surface area contributed by atoms with Gasteiger partial charge in [0.25, 0.3) is 0 Å². The fourth-order valence-electron chi connectivity index (χ4n) is 4.63. The third-order valence-electron chi connectivity index (χ3n) is 6.39. The quantitative estimate of drug-likeness (QED) is 0.446. The second-order valence-electron chi connectivity index (χ2n) is 8.72. The Morgan fingerprint density at radius 2 is 1.66 bits per heavy atom. The Balaban J connectivity index is 1.29. The second-order valence-corrected chi connectivity index (χ2v) is 8.72. The molecular weight excluding hydrogens is 450 g/mol. The van der Waals surface area contributed by atoms with E-state index in [-0.39, 0.29) is 12.5 Å². The molecule has 2 amide bonds. The summed E-state index contributed by atoms with van der Waals surface area (Å²) >= 11 is 0. The first-order chi connectivity index (χ1) is 17.0. The first kappa shape index (κ1) is 24.7. The summed E-state index contributed by atoms with van der Waals surface area (Å²) in [4.78, 5) is 38.6. The molecule has 1 aliphatic carbocycles. The van der Waals surface area contributed by atoms with Crippen molar-refractivity contribution in [1.82, 2.24) is 15.5 Å². The fraction of sp³-hybridized carbons (Fsp3) is 0.423. The third kappa shape index (κ3) is 6.37. The van der Waals surface area contributed by atoms with E-state index in [4.69, 9.17) is 9.47 Å². The Bertz CT molecular complexity index is 1010. The molecule has 9 heteroatoms. The number of amides is 2. The number of morpholine rings is 1. The van der Waals surface area contributed by atoms with E-state index in [1.54, 1.807) is 0 Å². The molecule has 1 fully saturated rings. The van der Waals surface area contributed by atoms with Gasteiger partial charge in [0.1, 0.15) is 12.6 Å². The van der Waals surface area contributed by atoms with Gasteiger partial charge in [-0.1, -0.05) is 48.5 Å². The third-order valence-corrected chi connectivity index (χ3v) is 6.39. The molecule has 2 aliphatic rings. The second kappa shape index (κ2) is 11.8. The molecule has 1 aliphatic heterocycles. The van der Waals surface area contributed by atoms with Gasteiger partial charge >= 0.3 is 12.1 Å². The fourth-order valence-corrected chi connectivity index (χ4v) is 4.63. The average Bonchev–Trinajstić information content (AvgIpc) is 3.19. The number of nitrogens with zero attached hydrogens (tertiary/aromatic N) is 1. The van der Waals surface area contributed by atoms with Gasteiger partial charge in [0.15, 0.2) is 0 Å². The lowest BCUT2D eigenvalue weighted by molar-refractivity contribution is -0.139. The van der Waals surface area contributed by atoms with Crippen LogP contribution in [0.25, 0.3) is 11.1 Å². The van der Waals surface area contributed by atoms with E-state index in [9.17, 15) is 19.5 Å². The normalized spacial score (nSPS) is 16.1. The monoisotopic (exact) mass is 481 g/mol. The summed E-state index contributed by atoms with van der Waals surface area (Å²) in [7, 11) is 0. The summed E-state index contributed by atoms with van der Waals surface area (Å²) in [5.74, 6) is -1.85. The maximum absolute atomic E-state index is 12.6. The summed E-state index contributed by atoms with van der Waals surface area (Å²) in [5, 5.41) is 14.4. The number of aliphatic carboxylic acids is 1. The van der Waals surface area contributed by atoms with Crippen LogP contribution in [0, 0.1) is 0 Å². The van der Waals surface area contributed by atoms with Gasteiger partial charge in [-0.3, -0.25) is 14.5 Å². The molecule has 0 aromatic heterocycles. The number of hydrogen-bond acceptors (Lipinski definition) is 6. The number of carboxylic acids is 1. The molecule has 0 saturated carbocycles. The number of fused-ring (bicyclic) bond motifs is 3. The smallest absolute Gasteiger partial charge is 0.407 e. The van der Waals surface area contributed by atoms with Crippen molar-refractivity contribution in [2.45, 2.75) is 24.8 Å². The van der Waals surface area contributed by atoms with Crippen LogP contribution in [0.5, 0.6) is 0 Å². The van der Waals surface area contributed by atoms with Gasteiger partial charge in [0.2, 0.25) is 5.91 Å². The Morgan fingerprint density at radius 3 is 2.29 bits per heavy atom. The van der Waals surface area contributed by atoms with Crippen LogP contribution in [0.15, 0.2) is 48.5 Å². The van der Waals surface area contributed by atoms with Crippen LogP contribution in [0.4, 0.5) is 4.79 Å². The summed E-state index contributed by atoms with van der Waals surface area (Å²) < 4.78 is 10.8. The number of alkyl carbamates (subject to hydrolysis) is 1. The lowest BCUT2D eigenvalue weighted by Gasteiger charge is -2.26. The van der Waals surface area contributed by atoms with Crippen LogP contribution in [0.3, 0.4) is 0 Å². The molecule has 35 heavy (non-hydrogen) atoms. The Morgan fingerprint density at radius 1 is 1.03 bits per heavy atom. The lowest BCUT2D eigenvalue weighted by atomic mass is 9.98. The van der Waals surface area contributed by atoms with E-state index in [1.807, 2.05) is 48.5 Å². The van der Waals surface area contributed by atoms with Gasteiger partial charge in [-0.25, -0.2) is 4.79 Å². The van der Waals surface area contributed by atoms with E-state index in [1.165, 1.54) is 0 Å². The summed E-state index contributed by atoms with van der Waals surface area (Å²) in [5.41, 5.74) is 4.36. The van der Waals surface area contributed by atoms with Gasteiger partial charge in [-0.2, -0.15) is 0 Å². The van der Waals surface area contributed by atoms with Crippen molar-refractivity contribution in [2.24, 2.45) is 0 Å². The molecule has 9 nitrogen and oxygen atoms in total. The van der Waals surface area contributed by atoms with E-state index < -0.39 is 30.4 Å². The maximum atomic E-state index is 12.6. The van der Waals surface area contributed by atoms with Crippen LogP contribution >= 0.6 is 0 Å². The largest absolute Gasteiger partial charge is 0.481 e. The van der Waals surface area contributed by atoms with Crippen LogP contribution < -0.4 is 10.6 Å². The zero-order valence-corrected chi connectivity index (χ0v) is 19.6. The average molecular weight is 482 g/mol. The standard InChI is InChI=1S/C26H31N3O6/c30-24(31)16-23(25(32)27-10-5-11-29-12-14-34-15-13-29)28-26(33)35-17-22-20-8-3-1-6-18(20)19-7-2-4-9-21(19)22/h1-4,6-9,22-23H,5,10-17H2,(H,27,32)(H,28,33)(H,30,31). The molecule has 2 aromatic carbocycles. The van der Waals surface area contributed by atoms with Gasteiger partial charge in [0.05, 0.1) is 19.6 Å². The van der Waals surface area contributed by atoms with Crippen LogP contribution in [-0.2, 0) is 19.1 Å². The molecule has 2 aromatic rings. The SMILES string of the molecule is O=C(O)CC(NC(=O)OCC1c2ccccc2-c2ccccc21)C(=O)NCCCN1CCOCC1. The number of benzene rings is 2. The molecule has 0 spiro atoms. The first-order valence-corrected chi connectivity index (χ1v) is 11.9. The molecule has 1 unspecified atom stereocenters. The van der Waals surface area contributed by atoms with Gasteiger partial charge in [0, 0.05) is 25.6 Å². The van der Waals surface area contributed by atoms with Crippen LogP contribution in [0.1, 0.15) is 29.9 Å². The van der Waals surface area contributed by atoms with E-state index in [2.05, 4.69) is 15.5 Å². The highest BCUT2D eigenvalue weighted by atomic mass is 16.5. The molecule has 3 N–H and O–H groups in total. The van der Waals surface area contributed by atoms with E-state index in [0.717, 1.165) is 48.3 Å². The number of rotatable bonds is 10. The summed E-state index contributed by atoms with van der Waals surface area (Å²) in [6, 6.07) is 14.7. The van der Waals surface area contributed by atoms with Crippen molar-refractivity contribution in [2.75, 3.05) is 46.0 Å². The van der Waals surface area contributed by atoms with Crippen molar-refractivity contribution in [1.29, 1.82) is 0 Å². The van der Waals surface area contributed by atoms with Crippen LogP contribution in [0.2, 0.25) is 0 Å². The molecule has 0 radical (unpaired) electrons.